The van der Waals surface area contributed by atoms with Gasteiger partial charge in [-0.15, -0.1) is 5.11 Å². The molecule has 0 unspecified atom stereocenters. The van der Waals surface area contributed by atoms with Crippen molar-refractivity contribution in [1.29, 1.82) is 5.26 Å². The molecule has 0 atom stereocenters. The van der Waals surface area contributed by atoms with Crippen LogP contribution in [-0.4, -0.2) is 40.1 Å². The zero-order valence-electron chi connectivity index (χ0n) is 20.6. The lowest BCUT2D eigenvalue weighted by molar-refractivity contribution is 0.415. The molecule has 3 aromatic heterocycles. The van der Waals surface area contributed by atoms with E-state index in [0.717, 1.165) is 0 Å². The molecule has 5 rings (SSSR count). The second-order valence-electron chi connectivity index (χ2n) is 8.01. The van der Waals surface area contributed by atoms with Gasteiger partial charge in [0.25, 0.3) is 15.6 Å². The maximum Gasteiger partial charge on any atom is 0.294 e. The van der Waals surface area contributed by atoms with Crippen molar-refractivity contribution >= 4 is 50.3 Å². The van der Waals surface area contributed by atoms with Gasteiger partial charge in [-0.1, -0.05) is 0 Å². The highest BCUT2D eigenvalue weighted by atomic mass is 32.2. The van der Waals surface area contributed by atoms with Crippen LogP contribution in [0, 0.1) is 11.3 Å². The molecule has 0 aliphatic carbocycles. The second kappa shape index (κ2) is 10.5. The Balaban J connectivity index is 1.45. The fourth-order valence-corrected chi connectivity index (χ4v) is 4.50. The van der Waals surface area contributed by atoms with Crippen molar-refractivity contribution in [2.45, 2.75) is 4.90 Å². The topological polar surface area (TPSA) is 218 Å². The molecule has 0 amide bonds. The Hall–Kier alpha value is -5.82. The number of nitrogens with two attached hydrogens (primary N) is 1. The number of nitrogens with one attached hydrogen (secondary N) is 3. The Morgan fingerprint density at radius 2 is 1.77 bits per heavy atom. The summed E-state index contributed by atoms with van der Waals surface area (Å²) in [5, 5.41) is 23.4. The first-order chi connectivity index (χ1) is 19.3. The first-order valence-corrected chi connectivity index (χ1v) is 12.8. The van der Waals surface area contributed by atoms with E-state index in [0.29, 0.717) is 11.4 Å². The predicted molar refractivity (Wildman–Crippen MR) is 145 cm³/mol. The lowest BCUT2D eigenvalue weighted by atomic mass is 10.2. The molecule has 0 saturated heterocycles. The minimum absolute atomic E-state index is 0.00404. The van der Waals surface area contributed by atoms with Crippen LogP contribution in [0.3, 0.4) is 0 Å². The van der Waals surface area contributed by atoms with E-state index < -0.39 is 15.6 Å². The third-order valence-electron chi connectivity index (χ3n) is 5.46. The van der Waals surface area contributed by atoms with Gasteiger partial charge in [0.2, 0.25) is 5.95 Å². The lowest BCUT2D eigenvalue weighted by Gasteiger charge is -2.12. The molecule has 0 aliphatic rings. The summed E-state index contributed by atoms with van der Waals surface area (Å²) in [4.78, 5) is 24.6. The zero-order chi connectivity index (χ0) is 28.3. The quantitative estimate of drug-likeness (QED) is 0.204. The monoisotopic (exact) mass is 557 g/mol. The molecular weight excluding hydrogens is 538 g/mol. The lowest BCUT2D eigenvalue weighted by Crippen LogP contribution is -2.14. The van der Waals surface area contributed by atoms with Crippen molar-refractivity contribution in [1.82, 2.24) is 24.6 Å². The molecule has 15 nitrogen and oxygen atoms in total. The minimum atomic E-state index is -3.94. The molecule has 5 aromatic rings. The smallest absolute Gasteiger partial charge is 0.294 e. The number of anilines is 4. The summed E-state index contributed by atoms with van der Waals surface area (Å²) in [6.07, 6.45) is 2.81. The Bertz CT molecular complexity index is 1930. The number of hydrogen-bond acceptors (Lipinski definition) is 12. The molecule has 0 aliphatic heterocycles. The van der Waals surface area contributed by atoms with Crippen LogP contribution in [0.4, 0.5) is 34.6 Å². The van der Waals surface area contributed by atoms with Crippen LogP contribution in [0.25, 0.3) is 5.65 Å². The number of hydrogen-bond donors (Lipinski definition) is 4. The number of nitrogen functional groups attached to an aromatic ring is 1. The summed E-state index contributed by atoms with van der Waals surface area (Å²) in [7, 11) is -2.40. The minimum Gasteiger partial charge on any atom is -0.497 e. The van der Waals surface area contributed by atoms with Gasteiger partial charge >= 0.3 is 0 Å². The van der Waals surface area contributed by atoms with Crippen molar-refractivity contribution in [2.24, 2.45) is 10.2 Å². The van der Waals surface area contributed by atoms with Crippen molar-refractivity contribution in [3.05, 3.63) is 82.9 Å². The van der Waals surface area contributed by atoms with Crippen LogP contribution >= 0.6 is 0 Å². The third kappa shape index (κ3) is 5.12. The molecule has 5 N–H and O–H groups in total. The van der Waals surface area contributed by atoms with Gasteiger partial charge < -0.3 is 15.8 Å². The molecule has 200 valence electrons. The Kier molecular flexibility index (Phi) is 6.78. The Labute approximate surface area is 226 Å². The van der Waals surface area contributed by atoms with E-state index in [1.54, 1.807) is 37.4 Å². The fourth-order valence-electron chi connectivity index (χ4n) is 3.54. The van der Waals surface area contributed by atoms with Gasteiger partial charge in [0.1, 0.15) is 23.2 Å². The van der Waals surface area contributed by atoms with Gasteiger partial charge in [0.05, 0.1) is 17.7 Å². The summed E-state index contributed by atoms with van der Waals surface area (Å²) in [6.45, 7) is 0. The molecule has 40 heavy (non-hydrogen) atoms. The predicted octanol–water partition coefficient (Wildman–Crippen LogP) is 3.23. The molecule has 0 fully saturated rings. The van der Waals surface area contributed by atoms with Crippen LogP contribution in [0.2, 0.25) is 0 Å². The van der Waals surface area contributed by atoms with Gasteiger partial charge in [0.15, 0.2) is 17.2 Å². The number of nitrogens with zero attached hydrogens (tertiary/aromatic N) is 7. The average Bonchev–Trinajstić information content (AvgIpc) is 3.27. The summed E-state index contributed by atoms with van der Waals surface area (Å²) in [5.74, 6) is 0.601. The van der Waals surface area contributed by atoms with Crippen LogP contribution in [0.15, 0.2) is 86.9 Å². The molecule has 16 heteroatoms. The normalized spacial score (nSPS) is 11.4. The highest BCUT2D eigenvalue weighted by molar-refractivity contribution is 7.92. The highest BCUT2D eigenvalue weighted by Crippen LogP contribution is 2.29. The SMILES string of the molecule is COc1ccc(Nc2c(C#N)c(N)nc3c(N=Nc4ccc(S(=O)(=O)Nc5ncccn5)cc4)c(=O)[nH]n23)cc1. The van der Waals surface area contributed by atoms with E-state index in [1.165, 1.54) is 41.2 Å². The summed E-state index contributed by atoms with van der Waals surface area (Å²) < 4.78 is 33.8. The van der Waals surface area contributed by atoms with Crippen LogP contribution in [0.5, 0.6) is 5.75 Å². The van der Waals surface area contributed by atoms with Gasteiger partial charge in [-0.2, -0.15) is 10.4 Å². The van der Waals surface area contributed by atoms with Crippen molar-refractivity contribution in [3.8, 4) is 11.8 Å². The van der Waals surface area contributed by atoms with Gasteiger partial charge in [-0.25, -0.2) is 32.6 Å². The molecule has 3 heterocycles. The number of aromatic amines is 1. The molecule has 0 radical (unpaired) electrons. The van der Waals surface area contributed by atoms with Gasteiger partial charge in [-0.3, -0.25) is 9.89 Å². The maximum atomic E-state index is 12.8. The van der Waals surface area contributed by atoms with E-state index in [4.69, 9.17) is 10.5 Å². The standard InChI is InChI=1S/C24H19N11O4S/c1-39-16-7-3-14(4-8-16)29-21-18(13-25)20(26)30-22-19(23(36)33-35(21)22)32-31-15-5-9-17(10-6-15)40(37,38)34-24-27-11-2-12-28-24/h2-12,29H,1H3,(H2,26,30)(H,33,36)(H,27,28,34). The largest absolute Gasteiger partial charge is 0.497 e. The first-order valence-electron chi connectivity index (χ1n) is 11.4. The van der Waals surface area contributed by atoms with E-state index in [2.05, 4.69) is 40.3 Å². The molecular formula is C24H19N11O4S. The summed E-state index contributed by atoms with van der Waals surface area (Å²) in [6, 6.07) is 15.9. The van der Waals surface area contributed by atoms with E-state index in [9.17, 15) is 18.5 Å². The molecule has 2 aromatic carbocycles. The number of azo groups is 1. The van der Waals surface area contributed by atoms with Crippen LogP contribution in [-0.2, 0) is 10.0 Å². The molecule has 0 bridgehead atoms. The van der Waals surface area contributed by atoms with Gasteiger partial charge in [0, 0.05) is 18.1 Å². The molecule has 0 saturated carbocycles. The number of aromatic nitrogens is 5. The number of fused-ring (bicyclic) bond motifs is 1. The number of methoxy groups -OCH3 is 1. The third-order valence-corrected chi connectivity index (χ3v) is 6.81. The van der Waals surface area contributed by atoms with Crippen molar-refractivity contribution in [2.75, 3.05) is 22.9 Å². The first kappa shape index (κ1) is 25.8. The number of benzene rings is 2. The van der Waals surface area contributed by atoms with Gasteiger partial charge in [-0.05, 0) is 54.6 Å². The average molecular weight is 558 g/mol. The summed E-state index contributed by atoms with van der Waals surface area (Å²) >= 11 is 0. The van der Waals surface area contributed by atoms with Crippen molar-refractivity contribution in [3.63, 3.8) is 0 Å². The fraction of sp³-hybridized carbons (Fsp3) is 0.0417. The van der Waals surface area contributed by atoms with Crippen LogP contribution in [0.1, 0.15) is 5.56 Å². The zero-order valence-corrected chi connectivity index (χ0v) is 21.4. The number of H-pyrrole nitrogens is 1. The highest BCUT2D eigenvalue weighted by Gasteiger charge is 2.20. The Morgan fingerprint density at radius 1 is 1.07 bits per heavy atom. The maximum absolute atomic E-state index is 12.8. The van der Waals surface area contributed by atoms with Crippen molar-refractivity contribution < 1.29 is 13.2 Å². The van der Waals surface area contributed by atoms with E-state index >= 15 is 0 Å². The number of ether oxygens (including phenoxy) is 1. The van der Waals surface area contributed by atoms with Crippen LogP contribution < -0.4 is 26.1 Å². The number of sulfonamides is 1. The molecule has 0 spiro atoms. The van der Waals surface area contributed by atoms with E-state index in [1.807, 2.05) is 6.07 Å². The number of rotatable bonds is 8. The summed E-state index contributed by atoms with van der Waals surface area (Å²) in [5.41, 5.74) is 6.08. The Morgan fingerprint density at radius 3 is 2.42 bits per heavy atom. The second-order valence-corrected chi connectivity index (χ2v) is 9.69. The number of nitriles is 1. The van der Waals surface area contributed by atoms with E-state index in [-0.39, 0.29) is 45.1 Å².